The summed E-state index contributed by atoms with van der Waals surface area (Å²) in [5, 5.41) is 2.12. The highest BCUT2D eigenvalue weighted by atomic mass is 16.2. The third kappa shape index (κ3) is 3.33. The second-order valence-corrected chi connectivity index (χ2v) is 4.31. The van der Waals surface area contributed by atoms with Gasteiger partial charge in [-0.05, 0) is 11.6 Å². The fourth-order valence-electron chi connectivity index (χ4n) is 1.83. The predicted molar refractivity (Wildman–Crippen MR) is 79.0 cm³/mol. The zero-order chi connectivity index (χ0) is 15.2. The molecule has 0 saturated carbocycles. The first-order valence-corrected chi connectivity index (χ1v) is 6.35. The molecule has 0 radical (unpaired) electrons. The summed E-state index contributed by atoms with van der Waals surface area (Å²) in [4.78, 5) is 36.2. The molecule has 0 unspecified atom stereocenters. The lowest BCUT2D eigenvalue weighted by Crippen LogP contribution is -2.54. The van der Waals surface area contributed by atoms with Crippen LogP contribution < -0.4 is 5.32 Å². The van der Waals surface area contributed by atoms with Crippen molar-refractivity contribution < 1.29 is 14.4 Å². The molecule has 21 heavy (non-hydrogen) atoms. The van der Waals surface area contributed by atoms with Gasteiger partial charge in [-0.25, -0.2) is 4.79 Å². The normalized spacial score (nSPS) is 17.4. The van der Waals surface area contributed by atoms with Crippen LogP contribution in [0.1, 0.15) is 5.56 Å². The first kappa shape index (κ1) is 14.5. The van der Waals surface area contributed by atoms with Gasteiger partial charge in [-0.1, -0.05) is 48.6 Å². The van der Waals surface area contributed by atoms with Crippen molar-refractivity contribution in [1.82, 2.24) is 10.2 Å². The molecule has 1 heterocycles. The minimum Gasteiger partial charge on any atom is -0.273 e. The highest BCUT2D eigenvalue weighted by Gasteiger charge is 2.34. The molecule has 0 bridgehead atoms. The molecule has 0 atom stereocenters. The number of urea groups is 1. The van der Waals surface area contributed by atoms with Gasteiger partial charge in [-0.15, -0.1) is 6.58 Å². The second-order valence-electron chi connectivity index (χ2n) is 4.31. The Morgan fingerprint density at radius 2 is 1.86 bits per heavy atom. The van der Waals surface area contributed by atoms with Crippen LogP contribution in [0.25, 0.3) is 6.08 Å². The summed E-state index contributed by atoms with van der Waals surface area (Å²) in [7, 11) is 0. The van der Waals surface area contributed by atoms with E-state index in [-0.39, 0.29) is 12.1 Å². The highest BCUT2D eigenvalue weighted by molar-refractivity contribution is 6.29. The molecule has 1 saturated heterocycles. The van der Waals surface area contributed by atoms with Gasteiger partial charge in [0.05, 0.1) is 0 Å². The molecule has 5 heteroatoms. The van der Waals surface area contributed by atoms with E-state index in [0.717, 1.165) is 10.5 Å². The number of benzene rings is 1. The number of hydrogen-bond donors (Lipinski definition) is 1. The zero-order valence-electron chi connectivity index (χ0n) is 11.3. The lowest BCUT2D eigenvalue weighted by Gasteiger charge is -2.24. The number of nitrogens with one attached hydrogen (secondary N) is 1. The number of rotatable bonds is 4. The van der Waals surface area contributed by atoms with Gasteiger partial charge >= 0.3 is 6.03 Å². The van der Waals surface area contributed by atoms with E-state index in [1.54, 1.807) is 12.2 Å². The molecule has 1 fully saturated rings. The molecule has 1 aromatic carbocycles. The number of hydrogen-bond acceptors (Lipinski definition) is 3. The molecule has 1 aromatic rings. The minimum absolute atomic E-state index is 0.0533. The molecule has 1 N–H and O–H groups in total. The molecule has 0 aliphatic carbocycles. The van der Waals surface area contributed by atoms with Crippen LogP contribution in [0.5, 0.6) is 0 Å². The molecule has 1 aliphatic rings. The summed E-state index contributed by atoms with van der Waals surface area (Å²) >= 11 is 0. The molecule has 2 rings (SSSR count). The Bertz CT molecular complexity index is 645. The maximum Gasteiger partial charge on any atom is 0.331 e. The lowest BCUT2D eigenvalue weighted by molar-refractivity contribution is -0.129. The molecular weight excluding hydrogens is 268 g/mol. The summed E-state index contributed by atoms with van der Waals surface area (Å²) in [6.07, 6.45) is 6.18. The Labute approximate surface area is 122 Å². The standard InChI is InChI=1S/C16H14N2O3/c1-2-11-18-15(20)13(14(19)17-16(18)21)10-6-9-12-7-4-3-5-8-12/h2-10H,1,11H2,(H,17,19,21)/b9-6+,13-10-. The molecule has 5 nitrogen and oxygen atoms in total. The van der Waals surface area contributed by atoms with E-state index in [1.807, 2.05) is 30.3 Å². The minimum atomic E-state index is -0.728. The van der Waals surface area contributed by atoms with E-state index in [1.165, 1.54) is 12.2 Å². The van der Waals surface area contributed by atoms with Crippen LogP contribution in [0.4, 0.5) is 4.79 Å². The fourth-order valence-corrected chi connectivity index (χ4v) is 1.83. The summed E-state index contributed by atoms with van der Waals surface area (Å²) in [6.45, 7) is 3.53. The Hall–Kier alpha value is -2.95. The van der Waals surface area contributed by atoms with Crippen LogP contribution in [0, 0.1) is 0 Å². The van der Waals surface area contributed by atoms with Gasteiger partial charge in [0.1, 0.15) is 5.57 Å². The number of nitrogens with zero attached hydrogens (tertiary/aromatic N) is 1. The number of carbonyl (C=O) groups is 3. The Balaban J connectivity index is 2.20. The van der Waals surface area contributed by atoms with Crippen molar-refractivity contribution in [2.75, 3.05) is 6.54 Å². The SMILES string of the molecule is C=CCN1C(=O)NC(=O)/C(=C/C=C/c2ccccc2)C1=O. The Morgan fingerprint density at radius 1 is 1.14 bits per heavy atom. The topological polar surface area (TPSA) is 66.5 Å². The third-order valence-electron chi connectivity index (χ3n) is 2.85. The lowest BCUT2D eigenvalue weighted by atomic mass is 10.1. The quantitative estimate of drug-likeness (QED) is 0.521. The van der Waals surface area contributed by atoms with Crippen LogP contribution in [0.2, 0.25) is 0 Å². The third-order valence-corrected chi connectivity index (χ3v) is 2.85. The number of imide groups is 2. The van der Waals surface area contributed by atoms with Gasteiger partial charge < -0.3 is 0 Å². The van der Waals surface area contributed by atoms with Gasteiger partial charge in [0.15, 0.2) is 0 Å². The van der Waals surface area contributed by atoms with Crippen molar-refractivity contribution in [1.29, 1.82) is 0 Å². The average molecular weight is 282 g/mol. The van der Waals surface area contributed by atoms with Crippen molar-refractivity contribution in [2.45, 2.75) is 0 Å². The molecule has 0 aromatic heterocycles. The fraction of sp³-hybridized carbons (Fsp3) is 0.0625. The van der Waals surface area contributed by atoms with E-state index in [4.69, 9.17) is 0 Å². The van der Waals surface area contributed by atoms with Crippen molar-refractivity contribution in [3.8, 4) is 0 Å². The molecule has 4 amide bonds. The number of barbiturate groups is 1. The second kappa shape index (κ2) is 6.47. The van der Waals surface area contributed by atoms with Crippen molar-refractivity contribution in [2.24, 2.45) is 0 Å². The number of amides is 4. The van der Waals surface area contributed by atoms with Crippen molar-refractivity contribution in [3.63, 3.8) is 0 Å². The first-order chi connectivity index (χ1) is 10.1. The largest absolute Gasteiger partial charge is 0.331 e. The number of allylic oxidation sites excluding steroid dienone is 2. The maximum absolute atomic E-state index is 12.1. The van der Waals surface area contributed by atoms with Crippen molar-refractivity contribution >= 4 is 23.9 Å². The van der Waals surface area contributed by atoms with Crippen LogP contribution in [-0.4, -0.2) is 29.3 Å². The summed E-state index contributed by atoms with van der Waals surface area (Å²) in [5.41, 5.74) is 0.862. The predicted octanol–water partition coefficient (Wildman–Crippen LogP) is 1.89. The maximum atomic E-state index is 12.1. The molecular formula is C16H14N2O3. The smallest absolute Gasteiger partial charge is 0.273 e. The van der Waals surface area contributed by atoms with Gasteiger partial charge in [0, 0.05) is 6.54 Å². The highest BCUT2D eigenvalue weighted by Crippen LogP contribution is 2.10. The van der Waals surface area contributed by atoms with Gasteiger partial charge in [0.2, 0.25) is 0 Å². The van der Waals surface area contributed by atoms with E-state index in [9.17, 15) is 14.4 Å². The van der Waals surface area contributed by atoms with Gasteiger partial charge in [0.25, 0.3) is 11.8 Å². The Kier molecular flexibility index (Phi) is 4.46. The van der Waals surface area contributed by atoms with E-state index in [0.29, 0.717) is 0 Å². The molecule has 1 aliphatic heterocycles. The van der Waals surface area contributed by atoms with E-state index < -0.39 is 17.8 Å². The molecule has 106 valence electrons. The van der Waals surface area contributed by atoms with E-state index >= 15 is 0 Å². The van der Waals surface area contributed by atoms with Crippen LogP contribution in [0.3, 0.4) is 0 Å². The van der Waals surface area contributed by atoms with Crippen LogP contribution in [0.15, 0.2) is 60.7 Å². The average Bonchev–Trinajstić information content (AvgIpc) is 2.48. The summed E-state index contributed by atoms with van der Waals surface area (Å²) in [6, 6.07) is 8.73. The van der Waals surface area contributed by atoms with Gasteiger partial charge in [-0.2, -0.15) is 0 Å². The van der Waals surface area contributed by atoms with Crippen LogP contribution in [-0.2, 0) is 9.59 Å². The molecule has 0 spiro atoms. The Morgan fingerprint density at radius 3 is 2.52 bits per heavy atom. The number of carbonyl (C=O) groups excluding carboxylic acids is 3. The van der Waals surface area contributed by atoms with Crippen LogP contribution >= 0.6 is 0 Å². The van der Waals surface area contributed by atoms with E-state index in [2.05, 4.69) is 11.9 Å². The monoisotopic (exact) mass is 282 g/mol. The summed E-state index contributed by atoms with van der Waals surface area (Å²) in [5.74, 6) is -1.32. The summed E-state index contributed by atoms with van der Waals surface area (Å²) < 4.78 is 0. The van der Waals surface area contributed by atoms with Crippen molar-refractivity contribution in [3.05, 3.63) is 66.3 Å². The van der Waals surface area contributed by atoms with Gasteiger partial charge in [-0.3, -0.25) is 19.8 Å². The zero-order valence-corrected chi connectivity index (χ0v) is 11.3. The first-order valence-electron chi connectivity index (χ1n) is 6.35.